The van der Waals surface area contributed by atoms with Gasteiger partial charge >= 0.3 is 12.1 Å². The van der Waals surface area contributed by atoms with E-state index in [0.717, 1.165) is 12.8 Å². The highest BCUT2D eigenvalue weighted by molar-refractivity contribution is 5.69. The van der Waals surface area contributed by atoms with Crippen molar-refractivity contribution in [3.63, 3.8) is 0 Å². The summed E-state index contributed by atoms with van der Waals surface area (Å²) in [5.41, 5.74) is 0. The van der Waals surface area contributed by atoms with Crippen molar-refractivity contribution in [3.8, 4) is 5.75 Å². The average Bonchev–Trinajstić information content (AvgIpc) is 2.59. The molecule has 0 aliphatic heterocycles. The summed E-state index contributed by atoms with van der Waals surface area (Å²) in [4.78, 5) is 22.9. The highest BCUT2D eigenvalue weighted by Crippen LogP contribution is 2.10. The standard InChI is InChI=1S/C19H28O5/c1-2-3-4-5-6-7-11-14-18(20)22-15-16-23-19(21)24-17-12-9-8-10-13-17/h8-10,12-13H,2-7,11,14-16H2,1H3. The van der Waals surface area contributed by atoms with Crippen LogP contribution in [0.25, 0.3) is 0 Å². The molecule has 0 aliphatic rings. The average molecular weight is 336 g/mol. The molecule has 134 valence electrons. The molecular weight excluding hydrogens is 308 g/mol. The summed E-state index contributed by atoms with van der Waals surface area (Å²) in [6.45, 7) is 2.24. The highest BCUT2D eigenvalue weighted by Gasteiger charge is 2.07. The summed E-state index contributed by atoms with van der Waals surface area (Å²) in [6, 6.07) is 8.65. The summed E-state index contributed by atoms with van der Waals surface area (Å²) in [7, 11) is 0. The molecular formula is C19H28O5. The Kier molecular flexibility index (Phi) is 11.2. The fraction of sp³-hybridized carbons (Fsp3) is 0.579. The molecule has 0 N–H and O–H groups in total. The van der Waals surface area contributed by atoms with E-state index >= 15 is 0 Å². The second kappa shape index (κ2) is 13.4. The van der Waals surface area contributed by atoms with Crippen LogP contribution in [0, 0.1) is 0 Å². The van der Waals surface area contributed by atoms with Crippen LogP contribution in [0.1, 0.15) is 58.3 Å². The summed E-state index contributed by atoms with van der Waals surface area (Å²) >= 11 is 0. The Hall–Kier alpha value is -2.04. The number of hydrogen-bond acceptors (Lipinski definition) is 5. The van der Waals surface area contributed by atoms with Gasteiger partial charge in [0.2, 0.25) is 0 Å². The summed E-state index contributed by atoms with van der Waals surface area (Å²) < 4.78 is 14.8. The quantitative estimate of drug-likeness (QED) is 0.309. The largest absolute Gasteiger partial charge is 0.513 e. The van der Waals surface area contributed by atoms with Gasteiger partial charge in [0.05, 0.1) is 0 Å². The van der Waals surface area contributed by atoms with Crippen molar-refractivity contribution in [3.05, 3.63) is 30.3 Å². The zero-order chi connectivity index (χ0) is 17.5. The van der Waals surface area contributed by atoms with E-state index in [9.17, 15) is 9.59 Å². The molecule has 0 bridgehead atoms. The lowest BCUT2D eigenvalue weighted by atomic mass is 10.1. The molecule has 0 spiro atoms. The lowest BCUT2D eigenvalue weighted by molar-refractivity contribution is -0.144. The predicted octanol–water partition coefficient (Wildman–Crippen LogP) is 4.89. The summed E-state index contributed by atoms with van der Waals surface area (Å²) in [6.07, 6.45) is 7.73. The monoisotopic (exact) mass is 336 g/mol. The molecule has 0 radical (unpaired) electrons. The highest BCUT2D eigenvalue weighted by atomic mass is 16.7. The number of esters is 1. The molecule has 0 atom stereocenters. The van der Waals surface area contributed by atoms with E-state index < -0.39 is 6.16 Å². The Balaban J connectivity index is 1.94. The third kappa shape index (κ3) is 10.6. The van der Waals surface area contributed by atoms with Crippen LogP contribution in [0.5, 0.6) is 5.75 Å². The Morgan fingerprint density at radius 1 is 0.833 bits per heavy atom. The zero-order valence-electron chi connectivity index (χ0n) is 14.5. The van der Waals surface area contributed by atoms with Gasteiger partial charge in [-0.05, 0) is 18.6 Å². The van der Waals surface area contributed by atoms with E-state index in [2.05, 4.69) is 6.92 Å². The smallest absolute Gasteiger partial charge is 0.462 e. The maximum atomic E-state index is 11.5. The molecule has 0 heterocycles. The Morgan fingerprint density at radius 2 is 1.46 bits per heavy atom. The van der Waals surface area contributed by atoms with Crippen LogP contribution in [-0.4, -0.2) is 25.3 Å². The van der Waals surface area contributed by atoms with Crippen LogP contribution in [-0.2, 0) is 14.3 Å². The minimum Gasteiger partial charge on any atom is -0.462 e. The van der Waals surface area contributed by atoms with Crippen LogP contribution in [0.15, 0.2) is 30.3 Å². The first-order chi connectivity index (χ1) is 11.7. The van der Waals surface area contributed by atoms with Gasteiger partial charge in [-0.1, -0.05) is 63.6 Å². The number of para-hydroxylation sites is 1. The van der Waals surface area contributed by atoms with E-state index in [1.165, 1.54) is 32.1 Å². The third-order valence-corrected chi connectivity index (χ3v) is 3.50. The van der Waals surface area contributed by atoms with E-state index in [1.54, 1.807) is 24.3 Å². The SMILES string of the molecule is CCCCCCCCCC(=O)OCCOC(=O)Oc1ccccc1. The molecule has 0 fully saturated rings. The molecule has 1 rings (SSSR count). The fourth-order valence-electron chi connectivity index (χ4n) is 2.19. The molecule has 0 aliphatic carbocycles. The number of carbonyl (C=O) groups excluding carboxylic acids is 2. The second-order valence-corrected chi connectivity index (χ2v) is 5.61. The number of unbranched alkanes of at least 4 members (excludes halogenated alkanes) is 6. The number of hydrogen-bond donors (Lipinski definition) is 0. The first-order valence-electron chi connectivity index (χ1n) is 8.77. The molecule has 0 unspecified atom stereocenters. The van der Waals surface area contributed by atoms with Crippen LogP contribution in [0.4, 0.5) is 4.79 Å². The molecule has 5 heteroatoms. The minimum absolute atomic E-state index is 0.00553. The predicted molar refractivity (Wildman–Crippen MR) is 92.0 cm³/mol. The second-order valence-electron chi connectivity index (χ2n) is 5.61. The number of rotatable bonds is 12. The van der Waals surface area contributed by atoms with Crippen molar-refractivity contribution in [2.75, 3.05) is 13.2 Å². The van der Waals surface area contributed by atoms with E-state index in [0.29, 0.717) is 12.2 Å². The Morgan fingerprint density at radius 3 is 2.17 bits per heavy atom. The molecule has 0 aromatic heterocycles. The topological polar surface area (TPSA) is 61.8 Å². The minimum atomic E-state index is -0.802. The van der Waals surface area contributed by atoms with Gasteiger partial charge in [-0.25, -0.2) is 4.79 Å². The van der Waals surface area contributed by atoms with Gasteiger partial charge in [0, 0.05) is 6.42 Å². The van der Waals surface area contributed by atoms with Crippen molar-refractivity contribution in [1.29, 1.82) is 0 Å². The molecule has 1 aromatic rings. The first kappa shape index (κ1) is 20.0. The van der Waals surface area contributed by atoms with Gasteiger partial charge in [-0.2, -0.15) is 0 Å². The van der Waals surface area contributed by atoms with E-state index in [1.807, 2.05) is 6.07 Å². The van der Waals surface area contributed by atoms with Crippen LogP contribution < -0.4 is 4.74 Å². The van der Waals surface area contributed by atoms with Crippen molar-refractivity contribution in [2.45, 2.75) is 58.3 Å². The summed E-state index contributed by atoms with van der Waals surface area (Å²) in [5.74, 6) is 0.169. The Labute approximate surface area is 144 Å². The lowest BCUT2D eigenvalue weighted by Gasteiger charge is -2.07. The van der Waals surface area contributed by atoms with Gasteiger partial charge < -0.3 is 14.2 Å². The van der Waals surface area contributed by atoms with Crippen molar-refractivity contribution in [2.24, 2.45) is 0 Å². The van der Waals surface area contributed by atoms with Crippen LogP contribution in [0.2, 0.25) is 0 Å². The molecule has 5 nitrogen and oxygen atoms in total. The molecule has 0 saturated carbocycles. The maximum absolute atomic E-state index is 11.5. The van der Waals surface area contributed by atoms with Gasteiger partial charge in [-0.15, -0.1) is 0 Å². The number of benzene rings is 1. The zero-order valence-corrected chi connectivity index (χ0v) is 14.5. The van der Waals surface area contributed by atoms with Crippen molar-refractivity contribution < 1.29 is 23.8 Å². The molecule has 24 heavy (non-hydrogen) atoms. The van der Waals surface area contributed by atoms with Crippen molar-refractivity contribution in [1.82, 2.24) is 0 Å². The normalized spacial score (nSPS) is 10.2. The van der Waals surface area contributed by atoms with Gasteiger partial charge in [-0.3, -0.25) is 4.79 Å². The van der Waals surface area contributed by atoms with E-state index in [-0.39, 0.29) is 19.2 Å². The molecule has 0 amide bonds. The molecule has 1 aromatic carbocycles. The van der Waals surface area contributed by atoms with E-state index in [4.69, 9.17) is 14.2 Å². The number of carbonyl (C=O) groups is 2. The van der Waals surface area contributed by atoms with Crippen LogP contribution >= 0.6 is 0 Å². The third-order valence-electron chi connectivity index (χ3n) is 3.50. The number of ether oxygens (including phenoxy) is 3. The summed E-state index contributed by atoms with van der Waals surface area (Å²) in [5, 5.41) is 0. The van der Waals surface area contributed by atoms with Gasteiger partial charge in [0.1, 0.15) is 19.0 Å². The van der Waals surface area contributed by atoms with Gasteiger partial charge in [0.25, 0.3) is 0 Å². The maximum Gasteiger partial charge on any atom is 0.513 e. The first-order valence-corrected chi connectivity index (χ1v) is 8.77. The van der Waals surface area contributed by atoms with Gasteiger partial charge in [0.15, 0.2) is 0 Å². The fourth-order valence-corrected chi connectivity index (χ4v) is 2.19. The van der Waals surface area contributed by atoms with Crippen molar-refractivity contribution >= 4 is 12.1 Å². The lowest BCUT2D eigenvalue weighted by Crippen LogP contribution is -2.16. The molecule has 0 saturated heterocycles. The Bertz CT molecular complexity index is 458. The van der Waals surface area contributed by atoms with Crippen LogP contribution in [0.3, 0.4) is 0 Å².